The Morgan fingerprint density at radius 1 is 1.27 bits per heavy atom. The Morgan fingerprint density at radius 3 is 2.58 bits per heavy atom. The Kier molecular flexibility index (Phi) is 4.06. The van der Waals surface area contributed by atoms with Crippen molar-refractivity contribution in [3.63, 3.8) is 0 Å². The van der Waals surface area contributed by atoms with Crippen LogP contribution in [0.5, 0.6) is 0 Å². The van der Waals surface area contributed by atoms with Crippen molar-refractivity contribution >= 4 is 26.8 Å². The van der Waals surface area contributed by atoms with Gasteiger partial charge in [0.15, 0.2) is 15.5 Å². The number of pyridine rings is 1. The molecule has 1 aliphatic carbocycles. The molecule has 2 aliphatic rings. The lowest BCUT2D eigenvalue weighted by atomic mass is 10.1. The van der Waals surface area contributed by atoms with Gasteiger partial charge in [0.25, 0.3) is 5.91 Å². The predicted molar refractivity (Wildman–Crippen MR) is 98.9 cm³/mol. The van der Waals surface area contributed by atoms with E-state index in [4.69, 9.17) is 0 Å². The van der Waals surface area contributed by atoms with E-state index in [-0.39, 0.29) is 35.5 Å². The first-order chi connectivity index (χ1) is 12.3. The first kappa shape index (κ1) is 17.5. The van der Waals surface area contributed by atoms with E-state index >= 15 is 0 Å². The summed E-state index contributed by atoms with van der Waals surface area (Å²) in [5.74, 6) is 0.152. The molecular formula is C18H24N4O3S. The topological polar surface area (TPSA) is 85.2 Å². The van der Waals surface area contributed by atoms with Gasteiger partial charge in [0.1, 0.15) is 0 Å². The van der Waals surface area contributed by atoms with Gasteiger partial charge in [-0.1, -0.05) is 0 Å². The van der Waals surface area contributed by atoms with E-state index in [2.05, 4.69) is 10.1 Å². The molecule has 26 heavy (non-hydrogen) atoms. The van der Waals surface area contributed by atoms with Crippen LogP contribution in [0.2, 0.25) is 0 Å². The van der Waals surface area contributed by atoms with Gasteiger partial charge in [-0.05, 0) is 46.1 Å². The second-order valence-corrected chi connectivity index (χ2v) is 9.95. The van der Waals surface area contributed by atoms with Gasteiger partial charge in [0.2, 0.25) is 0 Å². The molecule has 2 aromatic rings. The smallest absolute Gasteiger partial charge is 0.256 e. The molecule has 140 valence electrons. The minimum atomic E-state index is -3.04. The van der Waals surface area contributed by atoms with E-state index in [1.54, 1.807) is 6.20 Å². The molecule has 1 atom stereocenters. The standard InChI is InChI=1S/C18H24N4O3S/c1-11(2)22-17-13(9-19-22)8-16(12(3)20-17)18(23)21(14-4-5-14)15-6-7-26(24,25)10-15/h8-9,11,14-15H,4-7,10H2,1-3H3. The van der Waals surface area contributed by atoms with Gasteiger partial charge in [-0.3, -0.25) is 4.79 Å². The normalized spacial score (nSPS) is 22.2. The maximum Gasteiger partial charge on any atom is 0.256 e. The predicted octanol–water partition coefficient (Wildman–Crippen LogP) is 2.11. The molecule has 0 radical (unpaired) electrons. The molecule has 1 saturated carbocycles. The van der Waals surface area contributed by atoms with E-state index in [1.165, 1.54) is 0 Å². The van der Waals surface area contributed by atoms with Crippen LogP contribution in [0.25, 0.3) is 11.0 Å². The molecule has 8 heteroatoms. The number of amides is 1. The summed E-state index contributed by atoms with van der Waals surface area (Å²) in [6, 6.07) is 1.99. The summed E-state index contributed by atoms with van der Waals surface area (Å²) < 4.78 is 25.6. The summed E-state index contributed by atoms with van der Waals surface area (Å²) in [6.45, 7) is 5.91. The van der Waals surface area contributed by atoms with Crippen LogP contribution in [0.1, 0.15) is 55.2 Å². The van der Waals surface area contributed by atoms with Gasteiger partial charge in [-0.25, -0.2) is 18.1 Å². The summed E-state index contributed by atoms with van der Waals surface area (Å²) >= 11 is 0. The van der Waals surface area contributed by atoms with Gasteiger partial charge in [0, 0.05) is 23.5 Å². The van der Waals surface area contributed by atoms with Gasteiger partial charge in [-0.15, -0.1) is 0 Å². The van der Waals surface area contributed by atoms with Crippen molar-refractivity contribution in [1.29, 1.82) is 0 Å². The third-order valence-corrected chi connectivity index (χ3v) is 7.01. The largest absolute Gasteiger partial charge is 0.332 e. The fourth-order valence-corrected chi connectivity index (χ4v) is 5.49. The molecule has 0 bridgehead atoms. The van der Waals surface area contributed by atoms with Crippen LogP contribution in [0.3, 0.4) is 0 Å². The van der Waals surface area contributed by atoms with Gasteiger partial charge < -0.3 is 4.90 Å². The highest BCUT2D eigenvalue weighted by molar-refractivity contribution is 7.91. The van der Waals surface area contributed by atoms with Crippen LogP contribution < -0.4 is 0 Å². The summed E-state index contributed by atoms with van der Waals surface area (Å²) in [7, 11) is -3.04. The summed E-state index contributed by atoms with van der Waals surface area (Å²) in [6.07, 6.45) is 4.16. The lowest BCUT2D eigenvalue weighted by Gasteiger charge is -2.28. The molecule has 1 unspecified atom stereocenters. The highest BCUT2D eigenvalue weighted by Gasteiger charge is 2.42. The molecule has 4 rings (SSSR count). The lowest BCUT2D eigenvalue weighted by molar-refractivity contribution is 0.0679. The first-order valence-corrected chi connectivity index (χ1v) is 11.0. The Hall–Kier alpha value is -1.96. The average Bonchev–Trinajstić information content (AvgIpc) is 3.20. The molecule has 1 amide bonds. The number of sulfone groups is 1. The first-order valence-electron chi connectivity index (χ1n) is 9.15. The second-order valence-electron chi connectivity index (χ2n) is 7.72. The van der Waals surface area contributed by atoms with Crippen LogP contribution in [0.4, 0.5) is 0 Å². The average molecular weight is 376 g/mol. The van der Waals surface area contributed by atoms with Crippen molar-refractivity contribution in [2.24, 2.45) is 0 Å². The molecule has 0 aromatic carbocycles. The molecule has 2 fully saturated rings. The van der Waals surface area contributed by atoms with Crippen LogP contribution in [-0.2, 0) is 9.84 Å². The third kappa shape index (κ3) is 3.00. The van der Waals surface area contributed by atoms with E-state index in [0.29, 0.717) is 17.7 Å². The molecule has 1 aliphatic heterocycles. The number of carbonyl (C=O) groups is 1. The Morgan fingerprint density at radius 2 is 2.00 bits per heavy atom. The maximum absolute atomic E-state index is 13.3. The number of rotatable bonds is 4. The number of hydrogen-bond donors (Lipinski definition) is 0. The highest BCUT2D eigenvalue weighted by atomic mass is 32.2. The summed E-state index contributed by atoms with van der Waals surface area (Å²) in [5, 5.41) is 5.21. The van der Waals surface area contributed by atoms with Gasteiger partial charge >= 0.3 is 0 Å². The van der Waals surface area contributed by atoms with Crippen molar-refractivity contribution in [3.05, 3.63) is 23.5 Å². The van der Waals surface area contributed by atoms with Crippen LogP contribution >= 0.6 is 0 Å². The van der Waals surface area contributed by atoms with Crippen molar-refractivity contribution in [2.45, 2.75) is 58.2 Å². The number of hydrogen-bond acceptors (Lipinski definition) is 5. The molecule has 0 spiro atoms. The van der Waals surface area contributed by atoms with Crippen LogP contribution in [0.15, 0.2) is 12.3 Å². The minimum absolute atomic E-state index is 0.0786. The SMILES string of the molecule is Cc1nc2c(cnn2C(C)C)cc1C(=O)N(C1CC1)C1CCS(=O)(=O)C1. The Balaban J connectivity index is 1.71. The number of aromatic nitrogens is 3. The fourth-order valence-electron chi connectivity index (χ4n) is 3.78. The lowest BCUT2D eigenvalue weighted by Crippen LogP contribution is -2.43. The van der Waals surface area contributed by atoms with Gasteiger partial charge in [0.05, 0.1) is 29.0 Å². The molecule has 0 N–H and O–H groups in total. The van der Waals surface area contributed by atoms with Gasteiger partial charge in [-0.2, -0.15) is 5.10 Å². The van der Waals surface area contributed by atoms with E-state index in [1.807, 2.05) is 36.4 Å². The minimum Gasteiger partial charge on any atom is -0.332 e. The quantitative estimate of drug-likeness (QED) is 0.816. The second kappa shape index (κ2) is 6.04. The summed E-state index contributed by atoms with van der Waals surface area (Å²) in [4.78, 5) is 19.7. The Bertz CT molecular complexity index is 976. The molecule has 3 heterocycles. The molecule has 1 saturated heterocycles. The Labute approximate surface area is 153 Å². The zero-order valence-corrected chi connectivity index (χ0v) is 16.2. The van der Waals surface area contributed by atoms with Crippen LogP contribution in [0, 0.1) is 6.92 Å². The van der Waals surface area contributed by atoms with E-state index < -0.39 is 9.84 Å². The molecule has 7 nitrogen and oxygen atoms in total. The number of nitrogens with zero attached hydrogens (tertiary/aromatic N) is 4. The zero-order valence-electron chi connectivity index (χ0n) is 15.3. The van der Waals surface area contributed by atoms with E-state index in [9.17, 15) is 13.2 Å². The van der Waals surface area contributed by atoms with Crippen molar-refractivity contribution < 1.29 is 13.2 Å². The van der Waals surface area contributed by atoms with Crippen molar-refractivity contribution in [2.75, 3.05) is 11.5 Å². The third-order valence-electron chi connectivity index (χ3n) is 5.26. The molecular weight excluding hydrogens is 352 g/mol. The maximum atomic E-state index is 13.3. The van der Waals surface area contributed by atoms with Crippen LogP contribution in [-0.4, -0.2) is 57.6 Å². The summed E-state index contributed by atoms with van der Waals surface area (Å²) in [5.41, 5.74) is 1.99. The zero-order chi connectivity index (χ0) is 18.6. The van der Waals surface area contributed by atoms with E-state index in [0.717, 1.165) is 23.9 Å². The molecule has 2 aromatic heterocycles. The fraction of sp³-hybridized carbons (Fsp3) is 0.611. The monoisotopic (exact) mass is 376 g/mol. The highest BCUT2D eigenvalue weighted by Crippen LogP contribution is 2.34. The number of aryl methyl sites for hydroxylation is 1. The number of carbonyl (C=O) groups excluding carboxylic acids is 1. The number of fused-ring (bicyclic) bond motifs is 1. The van der Waals surface area contributed by atoms with Crippen molar-refractivity contribution in [1.82, 2.24) is 19.7 Å². The van der Waals surface area contributed by atoms with Crippen molar-refractivity contribution in [3.8, 4) is 0 Å².